The Hall–Kier alpha value is -0.370. The molecule has 8 heteroatoms. The molecule has 21 heavy (non-hydrogen) atoms. The van der Waals surface area contributed by atoms with Gasteiger partial charge in [0.05, 0.1) is 10.6 Å². The molecule has 0 aliphatic carbocycles. The molecule has 0 aliphatic rings. The highest BCUT2D eigenvalue weighted by atomic mass is 35.5. The zero-order valence-electron chi connectivity index (χ0n) is 12.2. The van der Waals surface area contributed by atoms with Crippen molar-refractivity contribution in [2.24, 2.45) is 5.73 Å². The van der Waals surface area contributed by atoms with E-state index in [1.807, 2.05) is 6.92 Å². The van der Waals surface area contributed by atoms with Crippen LogP contribution in [0.15, 0.2) is 17.0 Å². The van der Waals surface area contributed by atoms with Crippen LogP contribution in [0, 0.1) is 0 Å². The Morgan fingerprint density at radius 2 is 1.90 bits per heavy atom. The predicted molar refractivity (Wildman–Crippen MR) is 85.2 cm³/mol. The summed E-state index contributed by atoms with van der Waals surface area (Å²) in [5, 5.41) is 0.398. The molecule has 0 spiro atoms. The van der Waals surface area contributed by atoms with Gasteiger partial charge in [-0.2, -0.15) is 0 Å². The number of halogens is 2. The van der Waals surface area contributed by atoms with E-state index >= 15 is 0 Å². The highest BCUT2D eigenvalue weighted by molar-refractivity contribution is 7.89. The SMILES string of the molecule is CCOC(C)(C)CNS(=O)(=O)c1cc(CN)c(Cl)cc1Cl. The van der Waals surface area contributed by atoms with E-state index in [4.69, 9.17) is 33.7 Å². The summed E-state index contributed by atoms with van der Waals surface area (Å²) in [7, 11) is -3.77. The van der Waals surface area contributed by atoms with Gasteiger partial charge in [-0.15, -0.1) is 0 Å². The molecule has 0 radical (unpaired) electrons. The lowest BCUT2D eigenvalue weighted by atomic mass is 10.1. The molecule has 0 saturated heterocycles. The number of nitrogens with two attached hydrogens (primary N) is 1. The van der Waals surface area contributed by atoms with Crippen molar-refractivity contribution in [1.29, 1.82) is 0 Å². The molecular weight excluding hydrogens is 335 g/mol. The van der Waals surface area contributed by atoms with Crippen molar-refractivity contribution in [3.05, 3.63) is 27.7 Å². The first kappa shape index (κ1) is 18.7. The van der Waals surface area contributed by atoms with Gasteiger partial charge in [0.15, 0.2) is 0 Å². The second kappa shape index (κ2) is 7.26. The first-order chi connectivity index (χ1) is 9.63. The normalized spacial score (nSPS) is 12.7. The van der Waals surface area contributed by atoms with E-state index in [0.29, 0.717) is 17.2 Å². The van der Waals surface area contributed by atoms with Crippen LogP contribution in [0.2, 0.25) is 10.0 Å². The summed E-state index contributed by atoms with van der Waals surface area (Å²) in [5.74, 6) is 0. The van der Waals surface area contributed by atoms with Crippen molar-refractivity contribution in [3.63, 3.8) is 0 Å². The summed E-state index contributed by atoms with van der Waals surface area (Å²) in [4.78, 5) is -0.0404. The molecule has 120 valence electrons. The van der Waals surface area contributed by atoms with Crippen molar-refractivity contribution in [1.82, 2.24) is 4.72 Å². The summed E-state index contributed by atoms with van der Waals surface area (Å²) in [5.41, 5.74) is 5.44. The van der Waals surface area contributed by atoms with E-state index in [1.165, 1.54) is 12.1 Å². The lowest BCUT2D eigenvalue weighted by Gasteiger charge is -2.25. The minimum Gasteiger partial charge on any atom is -0.375 e. The minimum absolute atomic E-state index is 0.0404. The van der Waals surface area contributed by atoms with Crippen LogP contribution in [0.4, 0.5) is 0 Å². The van der Waals surface area contributed by atoms with Crippen LogP contribution in [0.1, 0.15) is 26.3 Å². The highest BCUT2D eigenvalue weighted by Crippen LogP contribution is 2.28. The molecule has 0 saturated carbocycles. The van der Waals surface area contributed by atoms with Gasteiger partial charge < -0.3 is 10.5 Å². The third kappa shape index (κ3) is 5.09. The van der Waals surface area contributed by atoms with Gasteiger partial charge in [-0.3, -0.25) is 0 Å². The van der Waals surface area contributed by atoms with Gasteiger partial charge >= 0.3 is 0 Å². The maximum atomic E-state index is 12.3. The van der Waals surface area contributed by atoms with Crippen LogP contribution in [0.25, 0.3) is 0 Å². The molecule has 1 aromatic carbocycles. The Bertz CT molecular complexity index is 604. The summed E-state index contributed by atoms with van der Waals surface area (Å²) >= 11 is 11.9. The molecule has 0 atom stereocenters. The zero-order valence-corrected chi connectivity index (χ0v) is 14.6. The molecule has 0 fully saturated rings. The van der Waals surface area contributed by atoms with Crippen molar-refractivity contribution in [2.45, 2.75) is 37.8 Å². The smallest absolute Gasteiger partial charge is 0.242 e. The number of ether oxygens (including phenoxy) is 1. The molecule has 3 N–H and O–H groups in total. The first-order valence-corrected chi connectivity index (χ1v) is 8.68. The van der Waals surface area contributed by atoms with Crippen LogP contribution in [0.5, 0.6) is 0 Å². The van der Waals surface area contributed by atoms with Gasteiger partial charge in [0, 0.05) is 24.7 Å². The fourth-order valence-corrected chi connectivity index (χ4v) is 3.79. The summed E-state index contributed by atoms with van der Waals surface area (Å²) < 4.78 is 32.6. The van der Waals surface area contributed by atoms with Crippen molar-refractivity contribution in [3.8, 4) is 0 Å². The van der Waals surface area contributed by atoms with Gasteiger partial charge in [0.2, 0.25) is 10.0 Å². The largest absolute Gasteiger partial charge is 0.375 e. The second-order valence-corrected chi connectivity index (χ2v) is 7.65. The quantitative estimate of drug-likeness (QED) is 0.788. The minimum atomic E-state index is -3.77. The maximum Gasteiger partial charge on any atom is 0.242 e. The topological polar surface area (TPSA) is 81.4 Å². The molecule has 0 amide bonds. The van der Waals surface area contributed by atoms with Crippen LogP contribution in [0.3, 0.4) is 0 Å². The van der Waals surface area contributed by atoms with E-state index in [9.17, 15) is 8.42 Å². The van der Waals surface area contributed by atoms with Crippen LogP contribution in [-0.2, 0) is 21.3 Å². The number of rotatable bonds is 7. The first-order valence-electron chi connectivity index (χ1n) is 6.44. The predicted octanol–water partition coefficient (Wildman–Crippen LogP) is 2.55. The fraction of sp³-hybridized carbons (Fsp3) is 0.538. The Labute approximate surface area is 135 Å². The lowest BCUT2D eigenvalue weighted by Crippen LogP contribution is -2.40. The number of benzene rings is 1. The van der Waals surface area contributed by atoms with E-state index < -0.39 is 15.6 Å². The third-order valence-corrected chi connectivity index (χ3v) is 5.05. The highest BCUT2D eigenvalue weighted by Gasteiger charge is 2.24. The maximum absolute atomic E-state index is 12.3. The molecule has 0 aliphatic heterocycles. The average molecular weight is 355 g/mol. The average Bonchev–Trinajstić information content (AvgIpc) is 2.36. The standard InChI is InChI=1S/C13H20Cl2N2O3S/c1-4-20-13(2,3)8-17-21(18,19)12-5-9(7-16)10(14)6-11(12)15/h5-6,17H,4,7-8,16H2,1-3H3. The summed E-state index contributed by atoms with van der Waals surface area (Å²) in [6, 6.07) is 2.77. The Balaban J connectivity index is 3.03. The summed E-state index contributed by atoms with van der Waals surface area (Å²) in [6.45, 7) is 6.19. The van der Waals surface area contributed by atoms with E-state index in [1.54, 1.807) is 13.8 Å². The molecule has 5 nitrogen and oxygen atoms in total. The number of hydrogen-bond donors (Lipinski definition) is 2. The number of sulfonamides is 1. The molecule has 0 unspecified atom stereocenters. The van der Waals surface area contributed by atoms with Crippen molar-refractivity contribution in [2.75, 3.05) is 13.2 Å². The zero-order chi connectivity index (χ0) is 16.3. The molecule has 0 heterocycles. The number of nitrogens with one attached hydrogen (secondary N) is 1. The Morgan fingerprint density at radius 1 is 1.29 bits per heavy atom. The van der Waals surface area contributed by atoms with Crippen molar-refractivity contribution < 1.29 is 13.2 Å². The molecule has 0 aromatic heterocycles. The number of hydrogen-bond acceptors (Lipinski definition) is 4. The summed E-state index contributed by atoms with van der Waals surface area (Å²) in [6.07, 6.45) is 0. The molecule has 0 bridgehead atoms. The fourth-order valence-electron chi connectivity index (χ4n) is 1.72. The molecule has 1 aromatic rings. The van der Waals surface area contributed by atoms with Crippen LogP contribution in [-0.4, -0.2) is 27.2 Å². The van der Waals surface area contributed by atoms with Gasteiger partial charge in [-0.25, -0.2) is 13.1 Å². The van der Waals surface area contributed by atoms with Crippen LogP contribution < -0.4 is 10.5 Å². The van der Waals surface area contributed by atoms with Gasteiger partial charge in [0.25, 0.3) is 0 Å². The van der Waals surface area contributed by atoms with Gasteiger partial charge in [-0.1, -0.05) is 23.2 Å². The molecule has 1 rings (SSSR count). The van der Waals surface area contributed by atoms with E-state index in [-0.39, 0.29) is 23.0 Å². The van der Waals surface area contributed by atoms with Gasteiger partial charge in [-0.05, 0) is 38.5 Å². The van der Waals surface area contributed by atoms with E-state index in [2.05, 4.69) is 4.72 Å². The Kier molecular flexibility index (Phi) is 6.46. The lowest BCUT2D eigenvalue weighted by molar-refractivity contribution is -0.00515. The van der Waals surface area contributed by atoms with E-state index in [0.717, 1.165) is 0 Å². The third-order valence-electron chi connectivity index (χ3n) is 2.83. The Morgan fingerprint density at radius 3 is 2.43 bits per heavy atom. The van der Waals surface area contributed by atoms with Gasteiger partial charge in [0.1, 0.15) is 4.90 Å². The monoisotopic (exact) mass is 354 g/mol. The van der Waals surface area contributed by atoms with Crippen molar-refractivity contribution >= 4 is 33.2 Å². The van der Waals surface area contributed by atoms with Crippen LogP contribution >= 0.6 is 23.2 Å². The second-order valence-electron chi connectivity index (χ2n) is 5.10. The molecular formula is C13H20Cl2N2O3S.